The molecule has 3 aromatic rings. The van der Waals surface area contributed by atoms with Gasteiger partial charge in [0, 0.05) is 43.4 Å². The van der Waals surface area contributed by atoms with Gasteiger partial charge in [-0.25, -0.2) is 4.39 Å². The summed E-state index contributed by atoms with van der Waals surface area (Å²) in [4.78, 5) is 44.2. The molecule has 1 aliphatic carbocycles. The molecule has 1 atom stereocenters. The summed E-state index contributed by atoms with van der Waals surface area (Å²) in [6, 6.07) is 15.8. The summed E-state index contributed by atoms with van der Waals surface area (Å²) in [6.07, 6.45) is 3.59. The highest BCUT2D eigenvalue weighted by atomic mass is 35.5. The average Bonchev–Trinajstić information content (AvgIpc) is 3.15. The molecule has 13 heteroatoms. The number of hydrogen-bond donors (Lipinski definition) is 1. The van der Waals surface area contributed by atoms with Gasteiger partial charge in [0.1, 0.15) is 11.4 Å². The van der Waals surface area contributed by atoms with Gasteiger partial charge in [0.2, 0.25) is 5.91 Å². The van der Waals surface area contributed by atoms with Crippen LogP contribution in [-0.4, -0.2) is 94.5 Å². The number of nitrogens with zero attached hydrogens (tertiary/aromatic N) is 3. The Kier molecular flexibility index (Phi) is 14.9. The van der Waals surface area contributed by atoms with Crippen molar-refractivity contribution < 1.29 is 37.7 Å². The first-order valence-corrected chi connectivity index (χ1v) is 20.1. The molecule has 1 fully saturated rings. The van der Waals surface area contributed by atoms with E-state index < -0.39 is 17.5 Å². The number of hydrogen-bond acceptors (Lipinski definition) is 10. The van der Waals surface area contributed by atoms with Gasteiger partial charge in [0.05, 0.1) is 51.6 Å². The van der Waals surface area contributed by atoms with E-state index in [0.29, 0.717) is 53.4 Å². The quantitative estimate of drug-likeness (QED) is 0.117. The number of carbonyl (C=O) groups excluding carboxylic acids is 3. The van der Waals surface area contributed by atoms with Gasteiger partial charge in [0.25, 0.3) is 0 Å². The predicted molar refractivity (Wildman–Crippen MR) is 221 cm³/mol. The normalized spacial score (nSPS) is 18.4. The summed E-state index contributed by atoms with van der Waals surface area (Å²) >= 11 is 6.28. The lowest BCUT2D eigenvalue weighted by atomic mass is 9.85. The Morgan fingerprint density at radius 3 is 2.30 bits per heavy atom. The Bertz CT molecular complexity index is 1860. The molecule has 0 radical (unpaired) electrons. The van der Waals surface area contributed by atoms with Crippen molar-refractivity contribution in [3.05, 3.63) is 82.1 Å². The predicted octanol–water partition coefficient (Wildman–Crippen LogP) is 7.35. The van der Waals surface area contributed by atoms with Gasteiger partial charge >= 0.3 is 11.9 Å². The van der Waals surface area contributed by atoms with Crippen LogP contribution in [0, 0.1) is 11.7 Å². The highest BCUT2D eigenvalue weighted by Gasteiger charge is 2.37. The Morgan fingerprint density at radius 2 is 1.68 bits per heavy atom. The molecule has 5 rings (SSSR count). The van der Waals surface area contributed by atoms with Gasteiger partial charge in [0.15, 0.2) is 11.5 Å². The lowest BCUT2D eigenvalue weighted by molar-refractivity contribution is -0.153. The van der Waals surface area contributed by atoms with Crippen molar-refractivity contribution in [1.29, 1.82) is 0 Å². The molecule has 310 valence electrons. The Hall–Kier alpha value is -4.39. The fourth-order valence-corrected chi connectivity index (χ4v) is 8.00. The first kappa shape index (κ1) is 43.7. The number of anilines is 2. The molecule has 1 amide bonds. The van der Waals surface area contributed by atoms with E-state index in [1.54, 1.807) is 30.2 Å². The van der Waals surface area contributed by atoms with E-state index in [9.17, 15) is 14.4 Å². The number of benzene rings is 3. The second-order valence-electron chi connectivity index (χ2n) is 16.3. The Morgan fingerprint density at radius 1 is 0.982 bits per heavy atom. The summed E-state index contributed by atoms with van der Waals surface area (Å²) in [5.41, 5.74) is 2.87. The number of ether oxygens (including phenoxy) is 4. The summed E-state index contributed by atoms with van der Waals surface area (Å²) < 4.78 is 38.3. The molecule has 0 saturated heterocycles. The van der Waals surface area contributed by atoms with Crippen molar-refractivity contribution in [2.24, 2.45) is 5.92 Å². The third-order valence-corrected chi connectivity index (χ3v) is 10.7. The zero-order valence-corrected chi connectivity index (χ0v) is 35.3. The molecule has 1 heterocycles. The topological polar surface area (TPSA) is 110 Å². The van der Waals surface area contributed by atoms with Crippen molar-refractivity contribution >= 4 is 40.8 Å². The van der Waals surface area contributed by atoms with E-state index in [2.05, 4.69) is 10.2 Å². The van der Waals surface area contributed by atoms with Crippen molar-refractivity contribution in [1.82, 2.24) is 10.2 Å². The van der Waals surface area contributed by atoms with Crippen LogP contribution < -0.4 is 24.6 Å². The van der Waals surface area contributed by atoms with Crippen LogP contribution in [0.2, 0.25) is 5.02 Å². The molecule has 0 unspecified atom stereocenters. The lowest BCUT2D eigenvalue weighted by Gasteiger charge is -2.39. The van der Waals surface area contributed by atoms with Crippen LogP contribution in [0.3, 0.4) is 0 Å². The maximum atomic E-state index is 16.2. The zero-order valence-electron chi connectivity index (χ0n) is 34.5. The van der Waals surface area contributed by atoms with E-state index in [1.165, 1.54) is 13.2 Å². The number of fused-ring (bicyclic) bond motifs is 1. The average molecular weight is 809 g/mol. The fraction of sp³-hybridized carbons (Fsp3) is 0.523. The molecule has 0 bridgehead atoms. The molecule has 0 spiro atoms. The van der Waals surface area contributed by atoms with E-state index in [4.69, 9.17) is 30.5 Å². The summed E-state index contributed by atoms with van der Waals surface area (Å²) in [5, 5.41) is 3.71. The van der Waals surface area contributed by atoms with Crippen molar-refractivity contribution in [3.63, 3.8) is 0 Å². The molecule has 1 aliphatic heterocycles. The molecular weight excluding hydrogens is 751 g/mol. The molecular formula is C44H58ClFN4O7. The highest BCUT2D eigenvalue weighted by Crippen LogP contribution is 2.44. The van der Waals surface area contributed by atoms with Crippen molar-refractivity contribution in [3.8, 4) is 11.5 Å². The zero-order chi connectivity index (χ0) is 41.4. The molecule has 2 aliphatic rings. The number of carbonyl (C=O) groups is 3. The highest BCUT2D eigenvalue weighted by molar-refractivity contribution is 6.30. The maximum absolute atomic E-state index is 16.2. The first-order chi connectivity index (χ1) is 27.1. The third kappa shape index (κ3) is 11.6. The molecule has 3 aromatic carbocycles. The van der Waals surface area contributed by atoms with Gasteiger partial charge in [-0.05, 0) is 125 Å². The van der Waals surface area contributed by atoms with Crippen LogP contribution in [0.25, 0.3) is 0 Å². The smallest absolute Gasteiger partial charge is 0.320 e. The van der Waals surface area contributed by atoms with E-state index >= 15 is 4.39 Å². The van der Waals surface area contributed by atoms with Gasteiger partial charge in [-0.1, -0.05) is 23.7 Å². The van der Waals surface area contributed by atoms with Crippen LogP contribution in [0.5, 0.6) is 11.5 Å². The minimum absolute atomic E-state index is 0.0928. The van der Waals surface area contributed by atoms with E-state index in [1.807, 2.05) is 76.9 Å². The number of esters is 2. The van der Waals surface area contributed by atoms with Gasteiger partial charge < -0.3 is 34.1 Å². The van der Waals surface area contributed by atoms with Crippen LogP contribution in [-0.2, 0) is 30.3 Å². The maximum Gasteiger partial charge on any atom is 0.320 e. The molecule has 57 heavy (non-hydrogen) atoms. The number of halogens is 2. The summed E-state index contributed by atoms with van der Waals surface area (Å²) in [5.74, 6) is 0.234. The number of rotatable bonds is 16. The molecule has 1 saturated carbocycles. The number of amides is 1. The second-order valence-corrected chi connectivity index (χ2v) is 16.7. The van der Waals surface area contributed by atoms with E-state index in [-0.39, 0.29) is 49.5 Å². The van der Waals surface area contributed by atoms with Crippen LogP contribution in [0.15, 0.2) is 54.6 Å². The van der Waals surface area contributed by atoms with Gasteiger partial charge in [-0.15, -0.1) is 0 Å². The monoisotopic (exact) mass is 808 g/mol. The van der Waals surface area contributed by atoms with Crippen LogP contribution in [0.4, 0.5) is 15.8 Å². The summed E-state index contributed by atoms with van der Waals surface area (Å²) in [7, 11) is 4.86. The number of nitrogens with one attached hydrogen (secondary N) is 1. The van der Waals surface area contributed by atoms with Crippen molar-refractivity contribution in [2.45, 2.75) is 90.5 Å². The SMILES string of the molecule is COC(=O)CN(CCNCC(=O)OC(C)(C)C)[C@H]1CC[C@H](CN(C)c2ccc(N3C(=O)Cc4cc(OC)c(OC(C)C)cc4[C@@H]3c3ccc(Cl)cc3)cc2F)CC1. The standard InChI is InChI=1S/C44H58ClFN4O7/c1-28(2)56-39-24-35-31(21-38(39)54-7)22-40(51)50(43(35)30-11-13-32(45)14-12-30)34-17-18-37(36(46)23-34)48(6)26-29-9-15-33(16-10-29)49(27-42(53)55-8)20-19-47-25-41(52)57-44(3,4)5/h11-14,17-18,21,23-24,28-29,33,43,47H,9-10,15-16,19-20,22,25-27H2,1-8H3/t29-,33-,43-/m0/s1. The third-order valence-electron chi connectivity index (χ3n) is 10.4. The minimum atomic E-state index is -0.559. The van der Waals surface area contributed by atoms with E-state index in [0.717, 1.165) is 42.4 Å². The van der Waals surface area contributed by atoms with Gasteiger partial charge in [-0.2, -0.15) is 0 Å². The Balaban J connectivity index is 1.27. The van der Waals surface area contributed by atoms with Crippen LogP contribution >= 0.6 is 11.6 Å². The fourth-order valence-electron chi connectivity index (χ4n) is 7.87. The largest absolute Gasteiger partial charge is 0.493 e. The first-order valence-electron chi connectivity index (χ1n) is 19.8. The summed E-state index contributed by atoms with van der Waals surface area (Å²) in [6.45, 7) is 11.4. The Labute approximate surface area is 341 Å². The van der Waals surface area contributed by atoms with Gasteiger partial charge in [-0.3, -0.25) is 19.3 Å². The molecule has 0 aromatic heterocycles. The molecule has 11 nitrogen and oxygen atoms in total. The van der Waals surface area contributed by atoms with Crippen molar-refractivity contribution in [2.75, 3.05) is 63.8 Å². The minimum Gasteiger partial charge on any atom is -0.493 e. The lowest BCUT2D eigenvalue weighted by Crippen LogP contribution is -2.46. The number of methoxy groups -OCH3 is 2. The molecule has 1 N–H and O–H groups in total. The second kappa shape index (κ2) is 19.4. The van der Waals surface area contributed by atoms with Crippen LogP contribution in [0.1, 0.15) is 83.0 Å².